The number of methoxy groups -OCH3 is 2. The zero-order chi connectivity index (χ0) is 20.1. The lowest BCUT2D eigenvalue weighted by Gasteiger charge is -2.14. The highest BCUT2D eigenvalue weighted by atomic mass is 35.5. The van der Waals surface area contributed by atoms with Gasteiger partial charge in [-0.1, -0.05) is 41.4 Å². The molecule has 2 aromatic carbocycles. The Morgan fingerprint density at radius 3 is 2.32 bits per heavy atom. The normalized spacial score (nSPS) is 10.5. The molecular formula is C21H23ClN4O2. The minimum Gasteiger partial charge on any atom is -0.495 e. The lowest BCUT2D eigenvalue weighted by molar-refractivity contribution is 0.405. The van der Waals surface area contributed by atoms with Crippen molar-refractivity contribution >= 4 is 29.1 Å². The minimum absolute atomic E-state index is 0.453. The molecule has 0 atom stereocenters. The topological polar surface area (TPSA) is 68.3 Å². The summed E-state index contributed by atoms with van der Waals surface area (Å²) in [5.41, 5.74) is 3.92. The van der Waals surface area contributed by atoms with E-state index in [4.69, 9.17) is 21.1 Å². The molecule has 28 heavy (non-hydrogen) atoms. The third-order valence-electron chi connectivity index (χ3n) is 4.17. The number of nitrogens with one attached hydrogen (secondary N) is 2. The van der Waals surface area contributed by atoms with Gasteiger partial charge in [-0.15, -0.1) is 0 Å². The Bertz CT molecular complexity index is 961. The first-order valence-electron chi connectivity index (χ1n) is 8.82. The smallest absolute Gasteiger partial charge is 0.229 e. The molecular weight excluding hydrogens is 376 g/mol. The summed E-state index contributed by atoms with van der Waals surface area (Å²) < 4.78 is 10.7. The van der Waals surface area contributed by atoms with Crippen LogP contribution in [-0.4, -0.2) is 24.2 Å². The fourth-order valence-electron chi connectivity index (χ4n) is 2.69. The molecule has 0 bridgehead atoms. The maximum Gasteiger partial charge on any atom is 0.229 e. The van der Waals surface area contributed by atoms with Crippen molar-refractivity contribution in [3.63, 3.8) is 0 Å². The lowest BCUT2D eigenvalue weighted by atomic mass is 10.1. The summed E-state index contributed by atoms with van der Waals surface area (Å²) in [6.45, 7) is 4.67. The number of rotatable bonds is 7. The SMILES string of the molecule is COc1cc(Nc2nc(C)cc(NCc3ccc(C)cc3)n2)c(OC)cc1Cl. The molecule has 0 aliphatic rings. The molecule has 146 valence electrons. The zero-order valence-corrected chi connectivity index (χ0v) is 17.1. The van der Waals surface area contributed by atoms with Gasteiger partial charge in [0.2, 0.25) is 5.95 Å². The van der Waals surface area contributed by atoms with Crippen LogP contribution in [0.5, 0.6) is 11.5 Å². The van der Waals surface area contributed by atoms with E-state index in [-0.39, 0.29) is 0 Å². The number of aryl methyl sites for hydroxylation is 2. The number of benzene rings is 2. The van der Waals surface area contributed by atoms with E-state index < -0.39 is 0 Å². The second kappa shape index (κ2) is 8.80. The van der Waals surface area contributed by atoms with Crippen molar-refractivity contribution in [1.29, 1.82) is 0 Å². The number of nitrogens with zero attached hydrogens (tertiary/aromatic N) is 2. The first-order chi connectivity index (χ1) is 13.5. The minimum atomic E-state index is 0.453. The van der Waals surface area contributed by atoms with E-state index in [1.807, 2.05) is 13.0 Å². The average Bonchev–Trinajstić information content (AvgIpc) is 2.68. The first kappa shape index (κ1) is 19.8. The molecule has 0 unspecified atom stereocenters. The predicted octanol–water partition coefficient (Wildman–Crippen LogP) is 5.12. The molecule has 0 aliphatic heterocycles. The van der Waals surface area contributed by atoms with E-state index >= 15 is 0 Å². The molecule has 0 radical (unpaired) electrons. The quantitative estimate of drug-likeness (QED) is 0.575. The van der Waals surface area contributed by atoms with Crippen LogP contribution < -0.4 is 20.1 Å². The molecule has 1 heterocycles. The molecule has 0 spiro atoms. The van der Waals surface area contributed by atoms with Crippen LogP contribution >= 0.6 is 11.6 Å². The van der Waals surface area contributed by atoms with Gasteiger partial charge in [0, 0.05) is 30.4 Å². The Balaban J connectivity index is 1.80. The van der Waals surface area contributed by atoms with Gasteiger partial charge in [0.25, 0.3) is 0 Å². The van der Waals surface area contributed by atoms with E-state index in [0.29, 0.717) is 34.7 Å². The molecule has 1 aromatic heterocycles. The standard InChI is InChI=1S/C21H23ClN4O2/c1-13-5-7-15(8-6-13)12-23-20-9-14(2)24-21(26-20)25-17-11-18(27-3)16(22)10-19(17)28-4/h5-11H,12H2,1-4H3,(H2,23,24,25,26). The third kappa shape index (κ3) is 4.84. The van der Waals surface area contributed by atoms with Crippen LogP contribution in [0.25, 0.3) is 0 Å². The number of hydrogen-bond acceptors (Lipinski definition) is 6. The molecule has 0 amide bonds. The Morgan fingerprint density at radius 1 is 0.929 bits per heavy atom. The van der Waals surface area contributed by atoms with Gasteiger partial charge in [-0.25, -0.2) is 4.98 Å². The number of aromatic nitrogens is 2. The number of halogens is 1. The van der Waals surface area contributed by atoms with E-state index in [1.54, 1.807) is 26.4 Å². The second-order valence-corrected chi connectivity index (χ2v) is 6.78. The van der Waals surface area contributed by atoms with Crippen LogP contribution in [0, 0.1) is 13.8 Å². The molecule has 2 N–H and O–H groups in total. The van der Waals surface area contributed by atoms with Gasteiger partial charge >= 0.3 is 0 Å². The van der Waals surface area contributed by atoms with Crippen LogP contribution in [0.15, 0.2) is 42.5 Å². The Hall–Kier alpha value is -2.99. The van der Waals surface area contributed by atoms with Gasteiger partial charge in [-0.2, -0.15) is 4.98 Å². The van der Waals surface area contributed by atoms with E-state index in [0.717, 1.165) is 11.5 Å². The van der Waals surface area contributed by atoms with Crippen LogP contribution in [-0.2, 0) is 6.54 Å². The summed E-state index contributed by atoms with van der Waals surface area (Å²) in [5, 5.41) is 6.99. The Labute approximate surface area is 169 Å². The summed E-state index contributed by atoms with van der Waals surface area (Å²) in [4.78, 5) is 9.01. The van der Waals surface area contributed by atoms with Crippen molar-refractivity contribution in [1.82, 2.24) is 9.97 Å². The summed E-state index contributed by atoms with van der Waals surface area (Å²) in [5.74, 6) is 2.30. The summed E-state index contributed by atoms with van der Waals surface area (Å²) >= 11 is 6.17. The van der Waals surface area contributed by atoms with E-state index in [2.05, 4.69) is 51.8 Å². The van der Waals surface area contributed by atoms with Gasteiger partial charge in [0.15, 0.2) is 0 Å². The van der Waals surface area contributed by atoms with Crippen molar-refractivity contribution in [2.75, 3.05) is 24.9 Å². The molecule has 3 rings (SSSR count). The molecule has 6 nitrogen and oxygen atoms in total. The maximum absolute atomic E-state index is 6.17. The zero-order valence-electron chi connectivity index (χ0n) is 16.3. The van der Waals surface area contributed by atoms with Crippen LogP contribution in [0.4, 0.5) is 17.5 Å². The highest BCUT2D eigenvalue weighted by Gasteiger charge is 2.12. The summed E-state index contributed by atoms with van der Waals surface area (Å²) in [6.07, 6.45) is 0. The number of ether oxygens (including phenoxy) is 2. The highest BCUT2D eigenvalue weighted by Crippen LogP contribution is 2.37. The summed E-state index contributed by atoms with van der Waals surface area (Å²) in [6, 6.07) is 13.7. The summed E-state index contributed by atoms with van der Waals surface area (Å²) in [7, 11) is 3.14. The number of hydrogen-bond donors (Lipinski definition) is 2. The van der Waals surface area contributed by atoms with Gasteiger partial charge < -0.3 is 20.1 Å². The van der Waals surface area contributed by atoms with Gasteiger partial charge in [-0.3, -0.25) is 0 Å². The fourth-order valence-corrected chi connectivity index (χ4v) is 2.92. The van der Waals surface area contributed by atoms with Crippen molar-refractivity contribution < 1.29 is 9.47 Å². The van der Waals surface area contributed by atoms with Crippen LogP contribution in [0.2, 0.25) is 5.02 Å². The highest BCUT2D eigenvalue weighted by molar-refractivity contribution is 6.32. The Morgan fingerprint density at radius 2 is 1.64 bits per heavy atom. The van der Waals surface area contributed by atoms with Crippen molar-refractivity contribution in [3.8, 4) is 11.5 Å². The molecule has 7 heteroatoms. The van der Waals surface area contributed by atoms with Gasteiger partial charge in [0.05, 0.1) is 24.9 Å². The van der Waals surface area contributed by atoms with Gasteiger partial charge in [-0.05, 0) is 19.4 Å². The predicted molar refractivity (Wildman–Crippen MR) is 113 cm³/mol. The molecule has 3 aromatic rings. The largest absolute Gasteiger partial charge is 0.495 e. The second-order valence-electron chi connectivity index (χ2n) is 6.37. The Kier molecular flexibility index (Phi) is 6.21. The van der Waals surface area contributed by atoms with Crippen molar-refractivity contribution in [3.05, 3.63) is 64.3 Å². The van der Waals surface area contributed by atoms with Crippen molar-refractivity contribution in [2.24, 2.45) is 0 Å². The molecule has 0 fully saturated rings. The average molecular weight is 399 g/mol. The molecule has 0 aliphatic carbocycles. The molecule has 0 saturated carbocycles. The van der Waals surface area contributed by atoms with Crippen LogP contribution in [0.1, 0.15) is 16.8 Å². The van der Waals surface area contributed by atoms with Crippen molar-refractivity contribution in [2.45, 2.75) is 20.4 Å². The molecule has 0 saturated heterocycles. The van der Waals surface area contributed by atoms with E-state index in [1.165, 1.54) is 11.1 Å². The van der Waals surface area contributed by atoms with Crippen LogP contribution in [0.3, 0.4) is 0 Å². The van der Waals surface area contributed by atoms with E-state index in [9.17, 15) is 0 Å². The number of anilines is 3. The third-order valence-corrected chi connectivity index (χ3v) is 4.46. The maximum atomic E-state index is 6.17. The van der Waals surface area contributed by atoms with Gasteiger partial charge in [0.1, 0.15) is 17.3 Å². The fraction of sp³-hybridized carbons (Fsp3) is 0.238. The first-order valence-corrected chi connectivity index (χ1v) is 9.20. The monoisotopic (exact) mass is 398 g/mol. The lowest BCUT2D eigenvalue weighted by Crippen LogP contribution is -2.06.